The maximum atomic E-state index is 4.46. The van der Waals surface area contributed by atoms with E-state index in [1.165, 1.54) is 41.5 Å². The van der Waals surface area contributed by atoms with E-state index in [-0.39, 0.29) is 0 Å². The van der Waals surface area contributed by atoms with Crippen LogP contribution in [0, 0.1) is 25.7 Å². The second-order valence-electron chi connectivity index (χ2n) is 6.19. The fourth-order valence-corrected chi connectivity index (χ4v) is 4.09. The summed E-state index contributed by atoms with van der Waals surface area (Å²) in [6.45, 7) is 7.75. The van der Waals surface area contributed by atoms with Crippen molar-refractivity contribution in [1.82, 2.24) is 9.97 Å². The number of anilines is 1. The number of aromatic nitrogens is 2. The van der Waals surface area contributed by atoms with Gasteiger partial charge in [-0.1, -0.05) is 19.8 Å². The standard InChI is InChI=1S/C16H23N3S/c1-10-4-6-13(7-5-10)8-17-15-14-11(2)12(3)20-16(14)19-9-18-15/h9-10,13H,4-8H2,1-3H3,(H,17,18,19). The summed E-state index contributed by atoms with van der Waals surface area (Å²) >= 11 is 1.76. The predicted octanol–water partition coefficient (Wildman–Crippen LogP) is 4.55. The minimum absolute atomic E-state index is 0.802. The zero-order valence-corrected chi connectivity index (χ0v) is 13.4. The van der Waals surface area contributed by atoms with Crippen LogP contribution in [-0.4, -0.2) is 16.5 Å². The van der Waals surface area contributed by atoms with Crippen LogP contribution in [-0.2, 0) is 0 Å². The Morgan fingerprint density at radius 1 is 1.20 bits per heavy atom. The average Bonchev–Trinajstić information content (AvgIpc) is 2.74. The van der Waals surface area contributed by atoms with Gasteiger partial charge in [0.2, 0.25) is 0 Å². The van der Waals surface area contributed by atoms with Gasteiger partial charge in [-0.15, -0.1) is 11.3 Å². The van der Waals surface area contributed by atoms with Crippen LogP contribution in [0.5, 0.6) is 0 Å². The van der Waals surface area contributed by atoms with E-state index in [1.54, 1.807) is 17.7 Å². The second-order valence-corrected chi connectivity index (χ2v) is 7.40. The molecule has 1 aliphatic rings. The van der Waals surface area contributed by atoms with E-state index in [2.05, 4.69) is 36.1 Å². The van der Waals surface area contributed by atoms with Crippen LogP contribution < -0.4 is 5.32 Å². The van der Waals surface area contributed by atoms with E-state index >= 15 is 0 Å². The highest BCUT2D eigenvalue weighted by atomic mass is 32.1. The molecule has 0 atom stereocenters. The van der Waals surface area contributed by atoms with Gasteiger partial charge in [0.25, 0.3) is 0 Å². The van der Waals surface area contributed by atoms with Gasteiger partial charge < -0.3 is 5.32 Å². The Hall–Kier alpha value is -1.16. The molecule has 0 aromatic carbocycles. The third-order valence-electron chi connectivity index (χ3n) is 4.66. The molecule has 0 saturated heterocycles. The van der Waals surface area contributed by atoms with Crippen molar-refractivity contribution in [2.45, 2.75) is 46.5 Å². The lowest BCUT2D eigenvalue weighted by atomic mass is 9.83. The maximum Gasteiger partial charge on any atom is 0.138 e. The van der Waals surface area contributed by atoms with Crippen LogP contribution in [0.2, 0.25) is 0 Å². The summed E-state index contributed by atoms with van der Waals surface area (Å²) in [5, 5.41) is 4.80. The molecular formula is C16H23N3S. The van der Waals surface area contributed by atoms with Crippen molar-refractivity contribution in [3.05, 3.63) is 16.8 Å². The molecule has 0 radical (unpaired) electrons. The van der Waals surface area contributed by atoms with E-state index in [1.807, 2.05) is 0 Å². The van der Waals surface area contributed by atoms with Gasteiger partial charge in [0.15, 0.2) is 0 Å². The number of rotatable bonds is 3. The van der Waals surface area contributed by atoms with E-state index < -0.39 is 0 Å². The Bertz CT molecular complexity index is 597. The summed E-state index contributed by atoms with van der Waals surface area (Å²) in [5.41, 5.74) is 1.32. The molecule has 0 bridgehead atoms. The Balaban J connectivity index is 1.74. The molecule has 2 heterocycles. The van der Waals surface area contributed by atoms with E-state index in [0.717, 1.165) is 29.0 Å². The highest BCUT2D eigenvalue weighted by Gasteiger charge is 2.19. The third kappa shape index (κ3) is 2.66. The van der Waals surface area contributed by atoms with Crippen molar-refractivity contribution in [3.8, 4) is 0 Å². The first-order chi connectivity index (χ1) is 9.65. The zero-order valence-electron chi connectivity index (χ0n) is 12.6. The number of fused-ring (bicyclic) bond motifs is 1. The Morgan fingerprint density at radius 3 is 2.70 bits per heavy atom. The topological polar surface area (TPSA) is 37.8 Å². The molecule has 1 saturated carbocycles. The van der Waals surface area contributed by atoms with Gasteiger partial charge in [0, 0.05) is 11.4 Å². The van der Waals surface area contributed by atoms with Crippen molar-refractivity contribution >= 4 is 27.4 Å². The molecule has 2 aromatic rings. The maximum absolute atomic E-state index is 4.46. The summed E-state index contributed by atoms with van der Waals surface area (Å²) in [7, 11) is 0. The quantitative estimate of drug-likeness (QED) is 0.901. The summed E-state index contributed by atoms with van der Waals surface area (Å²) in [5.74, 6) is 2.74. The molecule has 0 unspecified atom stereocenters. The van der Waals surface area contributed by atoms with Gasteiger partial charge in [-0.3, -0.25) is 0 Å². The molecule has 1 fully saturated rings. The van der Waals surface area contributed by atoms with Crippen molar-refractivity contribution in [2.24, 2.45) is 11.8 Å². The second kappa shape index (κ2) is 5.68. The monoisotopic (exact) mass is 289 g/mol. The number of thiophene rings is 1. The van der Waals surface area contributed by atoms with Gasteiger partial charge in [-0.05, 0) is 44.1 Å². The molecule has 0 amide bonds. The molecule has 4 heteroatoms. The smallest absolute Gasteiger partial charge is 0.138 e. The number of nitrogens with zero attached hydrogens (tertiary/aromatic N) is 2. The highest BCUT2D eigenvalue weighted by Crippen LogP contribution is 2.33. The number of hydrogen-bond acceptors (Lipinski definition) is 4. The first-order valence-electron chi connectivity index (χ1n) is 7.59. The van der Waals surface area contributed by atoms with E-state index in [0.29, 0.717) is 0 Å². The van der Waals surface area contributed by atoms with Crippen LogP contribution >= 0.6 is 11.3 Å². The van der Waals surface area contributed by atoms with Gasteiger partial charge in [0.1, 0.15) is 17.0 Å². The van der Waals surface area contributed by atoms with Crippen molar-refractivity contribution in [3.63, 3.8) is 0 Å². The highest BCUT2D eigenvalue weighted by molar-refractivity contribution is 7.18. The zero-order chi connectivity index (χ0) is 14.1. The van der Waals surface area contributed by atoms with Crippen LogP contribution in [0.15, 0.2) is 6.33 Å². The molecule has 1 aliphatic carbocycles. The molecule has 0 spiro atoms. The van der Waals surface area contributed by atoms with Crippen LogP contribution in [0.1, 0.15) is 43.0 Å². The Morgan fingerprint density at radius 2 is 1.95 bits per heavy atom. The molecule has 3 nitrogen and oxygen atoms in total. The largest absolute Gasteiger partial charge is 0.369 e. The summed E-state index contributed by atoms with van der Waals surface area (Å²) in [6, 6.07) is 0. The van der Waals surface area contributed by atoms with Gasteiger partial charge in [-0.2, -0.15) is 0 Å². The van der Waals surface area contributed by atoms with Crippen molar-refractivity contribution < 1.29 is 0 Å². The van der Waals surface area contributed by atoms with Gasteiger partial charge >= 0.3 is 0 Å². The summed E-state index contributed by atoms with van der Waals surface area (Å²) in [6.07, 6.45) is 7.14. The van der Waals surface area contributed by atoms with Crippen LogP contribution in [0.4, 0.5) is 5.82 Å². The average molecular weight is 289 g/mol. The molecule has 108 valence electrons. The van der Waals surface area contributed by atoms with Gasteiger partial charge in [0.05, 0.1) is 5.39 Å². The molecule has 2 aromatic heterocycles. The molecule has 3 rings (SSSR count). The Kier molecular flexibility index (Phi) is 3.92. The minimum Gasteiger partial charge on any atom is -0.369 e. The molecule has 20 heavy (non-hydrogen) atoms. The fourth-order valence-electron chi connectivity index (χ4n) is 3.09. The van der Waals surface area contributed by atoms with Crippen molar-refractivity contribution in [2.75, 3.05) is 11.9 Å². The van der Waals surface area contributed by atoms with Crippen LogP contribution in [0.3, 0.4) is 0 Å². The molecular weight excluding hydrogens is 266 g/mol. The SMILES string of the molecule is Cc1sc2ncnc(NCC3CCC(C)CC3)c2c1C. The lowest BCUT2D eigenvalue weighted by molar-refractivity contribution is 0.300. The molecule has 0 aliphatic heterocycles. The molecule has 1 N–H and O–H groups in total. The van der Waals surface area contributed by atoms with E-state index in [4.69, 9.17) is 0 Å². The summed E-state index contributed by atoms with van der Waals surface area (Å²) < 4.78 is 0. The predicted molar refractivity (Wildman–Crippen MR) is 86.5 cm³/mol. The third-order valence-corrected chi connectivity index (χ3v) is 5.77. The lowest BCUT2D eigenvalue weighted by Crippen LogP contribution is -2.20. The van der Waals surface area contributed by atoms with Crippen LogP contribution in [0.25, 0.3) is 10.2 Å². The minimum atomic E-state index is 0.802. The Labute approximate surface area is 124 Å². The first kappa shape index (κ1) is 13.8. The number of hydrogen-bond donors (Lipinski definition) is 1. The fraction of sp³-hybridized carbons (Fsp3) is 0.625. The lowest BCUT2D eigenvalue weighted by Gasteiger charge is -2.26. The normalized spacial score (nSPS) is 23.1. The number of aryl methyl sites for hydroxylation is 2. The first-order valence-corrected chi connectivity index (χ1v) is 8.41. The summed E-state index contributed by atoms with van der Waals surface area (Å²) in [4.78, 5) is 11.3. The van der Waals surface area contributed by atoms with Crippen molar-refractivity contribution in [1.29, 1.82) is 0 Å². The van der Waals surface area contributed by atoms with E-state index in [9.17, 15) is 0 Å². The number of nitrogens with one attached hydrogen (secondary N) is 1. The van der Waals surface area contributed by atoms with Gasteiger partial charge in [-0.25, -0.2) is 9.97 Å².